The molecule has 78 valence electrons. The van der Waals surface area contributed by atoms with Crippen molar-refractivity contribution in [2.24, 2.45) is 5.73 Å². The molecule has 0 fully saturated rings. The predicted octanol–water partition coefficient (Wildman–Crippen LogP) is 3.36. The summed E-state index contributed by atoms with van der Waals surface area (Å²) < 4.78 is 0.932. The molecule has 0 aliphatic carbocycles. The Morgan fingerprint density at radius 2 is 2.20 bits per heavy atom. The van der Waals surface area contributed by atoms with Gasteiger partial charge in [-0.15, -0.1) is 0 Å². The first-order chi connectivity index (χ1) is 7.10. The maximum atomic E-state index is 8.90. The van der Waals surface area contributed by atoms with Crippen molar-refractivity contribution in [3.8, 4) is 6.07 Å². The van der Waals surface area contributed by atoms with Crippen LogP contribution in [0.4, 0.5) is 0 Å². The van der Waals surface area contributed by atoms with Crippen LogP contribution < -0.4 is 5.73 Å². The van der Waals surface area contributed by atoms with Crippen molar-refractivity contribution in [1.29, 1.82) is 5.26 Å². The number of hydrogen-bond donors (Lipinski definition) is 1. The summed E-state index contributed by atoms with van der Waals surface area (Å²) in [5.41, 5.74) is 9.17. The van der Waals surface area contributed by atoms with E-state index in [0.29, 0.717) is 17.7 Å². The fraction of sp³-hybridized carbons (Fsp3) is 0.250. The minimum absolute atomic E-state index is 0.562. The average Bonchev–Trinajstić information content (AvgIpc) is 2.19. The van der Waals surface area contributed by atoms with E-state index < -0.39 is 0 Å². The summed E-state index contributed by atoms with van der Waals surface area (Å²) in [7, 11) is 0. The Labute approximate surface area is 98.5 Å². The lowest BCUT2D eigenvalue weighted by Gasteiger charge is -2.07. The van der Waals surface area contributed by atoms with E-state index >= 15 is 0 Å². The molecule has 1 aromatic carbocycles. The molecule has 0 saturated carbocycles. The number of aryl methyl sites for hydroxylation is 1. The van der Waals surface area contributed by atoms with Crippen LogP contribution in [0.2, 0.25) is 0 Å². The van der Waals surface area contributed by atoms with Gasteiger partial charge in [-0.3, -0.25) is 0 Å². The van der Waals surface area contributed by atoms with E-state index in [9.17, 15) is 0 Å². The number of allylic oxidation sites excluding steroid dienone is 1. The number of halogens is 1. The van der Waals surface area contributed by atoms with Crippen LogP contribution in [-0.2, 0) is 0 Å². The highest BCUT2D eigenvalue weighted by atomic mass is 79.9. The lowest BCUT2D eigenvalue weighted by atomic mass is 10.0. The SMILES string of the molecule is CC/C(C#N)=C(/N)c1ccc(C)cc1Br. The smallest absolute Gasteiger partial charge is 0.0968 e. The maximum Gasteiger partial charge on any atom is 0.0968 e. The van der Waals surface area contributed by atoms with Crippen LogP contribution in [0.15, 0.2) is 28.2 Å². The predicted molar refractivity (Wildman–Crippen MR) is 65.9 cm³/mol. The van der Waals surface area contributed by atoms with Gasteiger partial charge in [-0.2, -0.15) is 5.26 Å². The summed E-state index contributed by atoms with van der Waals surface area (Å²) in [5, 5.41) is 8.90. The highest BCUT2D eigenvalue weighted by Gasteiger charge is 2.07. The second-order valence-corrected chi connectivity index (χ2v) is 4.20. The van der Waals surface area contributed by atoms with Crippen molar-refractivity contribution in [1.82, 2.24) is 0 Å². The summed E-state index contributed by atoms with van der Waals surface area (Å²) in [5.74, 6) is 0. The first kappa shape index (κ1) is 11.8. The Balaban J connectivity index is 3.29. The molecule has 0 saturated heterocycles. The molecule has 0 atom stereocenters. The van der Waals surface area contributed by atoms with Gasteiger partial charge in [-0.1, -0.05) is 35.0 Å². The number of nitriles is 1. The monoisotopic (exact) mass is 264 g/mol. The molecule has 2 N–H and O–H groups in total. The zero-order chi connectivity index (χ0) is 11.4. The van der Waals surface area contributed by atoms with E-state index in [2.05, 4.69) is 22.0 Å². The number of hydrogen-bond acceptors (Lipinski definition) is 2. The quantitative estimate of drug-likeness (QED) is 0.833. The molecule has 0 amide bonds. The van der Waals surface area contributed by atoms with Crippen molar-refractivity contribution in [2.75, 3.05) is 0 Å². The number of nitrogens with zero attached hydrogens (tertiary/aromatic N) is 1. The van der Waals surface area contributed by atoms with Gasteiger partial charge in [-0.05, 0) is 25.0 Å². The Kier molecular flexibility index (Phi) is 3.93. The van der Waals surface area contributed by atoms with Crippen LogP contribution in [0.3, 0.4) is 0 Å². The van der Waals surface area contributed by atoms with E-state index in [1.807, 2.05) is 32.0 Å². The van der Waals surface area contributed by atoms with Crippen molar-refractivity contribution < 1.29 is 0 Å². The van der Waals surface area contributed by atoms with E-state index in [-0.39, 0.29) is 0 Å². The number of rotatable bonds is 2. The lowest BCUT2D eigenvalue weighted by Crippen LogP contribution is -2.01. The molecule has 0 unspecified atom stereocenters. The van der Waals surface area contributed by atoms with E-state index in [4.69, 9.17) is 11.0 Å². The summed E-state index contributed by atoms with van der Waals surface area (Å²) in [6.07, 6.45) is 0.655. The molecule has 2 nitrogen and oxygen atoms in total. The number of benzene rings is 1. The third-order valence-electron chi connectivity index (χ3n) is 2.23. The zero-order valence-corrected chi connectivity index (χ0v) is 10.4. The van der Waals surface area contributed by atoms with Gasteiger partial charge >= 0.3 is 0 Å². The highest BCUT2D eigenvalue weighted by molar-refractivity contribution is 9.10. The van der Waals surface area contributed by atoms with Gasteiger partial charge in [-0.25, -0.2) is 0 Å². The second kappa shape index (κ2) is 4.99. The molecular formula is C12H13BrN2. The summed E-state index contributed by atoms with van der Waals surface area (Å²) >= 11 is 3.45. The highest BCUT2D eigenvalue weighted by Crippen LogP contribution is 2.25. The Hall–Kier alpha value is -1.27. The molecule has 15 heavy (non-hydrogen) atoms. The Morgan fingerprint density at radius 1 is 1.53 bits per heavy atom. The average molecular weight is 265 g/mol. The van der Waals surface area contributed by atoms with E-state index in [1.54, 1.807) is 0 Å². The molecular weight excluding hydrogens is 252 g/mol. The van der Waals surface area contributed by atoms with Crippen LogP contribution in [-0.4, -0.2) is 0 Å². The zero-order valence-electron chi connectivity index (χ0n) is 8.84. The molecule has 3 heteroatoms. The van der Waals surface area contributed by atoms with Gasteiger partial charge in [0.15, 0.2) is 0 Å². The van der Waals surface area contributed by atoms with Gasteiger partial charge in [0.1, 0.15) is 0 Å². The normalized spacial score (nSPS) is 11.9. The van der Waals surface area contributed by atoms with Crippen LogP contribution in [0.25, 0.3) is 5.70 Å². The van der Waals surface area contributed by atoms with Gasteiger partial charge in [0.25, 0.3) is 0 Å². The van der Waals surface area contributed by atoms with Crippen LogP contribution in [0.5, 0.6) is 0 Å². The minimum Gasteiger partial charge on any atom is -0.397 e. The lowest BCUT2D eigenvalue weighted by molar-refractivity contribution is 1.14. The molecule has 1 aromatic rings. The van der Waals surface area contributed by atoms with Gasteiger partial charge in [0.2, 0.25) is 0 Å². The third-order valence-corrected chi connectivity index (χ3v) is 2.88. The topological polar surface area (TPSA) is 49.8 Å². The standard InChI is InChI=1S/C12H13BrN2/c1-3-9(7-14)12(15)10-5-4-8(2)6-11(10)13/h4-6H,3,15H2,1-2H3/b12-9-. The third kappa shape index (κ3) is 2.60. The van der Waals surface area contributed by atoms with Crippen LogP contribution >= 0.6 is 15.9 Å². The Bertz CT molecular complexity index is 441. The Morgan fingerprint density at radius 3 is 2.67 bits per heavy atom. The first-order valence-corrected chi connectivity index (χ1v) is 5.54. The van der Waals surface area contributed by atoms with Gasteiger partial charge in [0.05, 0.1) is 17.3 Å². The molecule has 1 rings (SSSR count). The van der Waals surface area contributed by atoms with Gasteiger partial charge in [0, 0.05) is 10.0 Å². The van der Waals surface area contributed by atoms with Crippen LogP contribution in [0.1, 0.15) is 24.5 Å². The van der Waals surface area contributed by atoms with E-state index in [1.165, 1.54) is 0 Å². The number of nitrogens with two attached hydrogens (primary N) is 1. The largest absolute Gasteiger partial charge is 0.397 e. The molecule has 0 spiro atoms. The first-order valence-electron chi connectivity index (χ1n) is 4.75. The molecule has 0 heterocycles. The minimum atomic E-state index is 0.562. The second-order valence-electron chi connectivity index (χ2n) is 3.34. The van der Waals surface area contributed by atoms with Crippen molar-refractivity contribution in [2.45, 2.75) is 20.3 Å². The maximum absolute atomic E-state index is 8.90. The summed E-state index contributed by atoms with van der Waals surface area (Å²) in [6, 6.07) is 8.03. The van der Waals surface area contributed by atoms with Crippen molar-refractivity contribution in [3.63, 3.8) is 0 Å². The van der Waals surface area contributed by atoms with Gasteiger partial charge < -0.3 is 5.73 Å². The van der Waals surface area contributed by atoms with Crippen molar-refractivity contribution in [3.05, 3.63) is 39.4 Å². The molecule has 0 bridgehead atoms. The van der Waals surface area contributed by atoms with Crippen molar-refractivity contribution >= 4 is 21.6 Å². The molecule has 0 aliphatic heterocycles. The van der Waals surface area contributed by atoms with Crippen LogP contribution in [0, 0.1) is 18.3 Å². The molecule has 0 radical (unpaired) electrons. The fourth-order valence-corrected chi connectivity index (χ4v) is 2.04. The van der Waals surface area contributed by atoms with E-state index in [0.717, 1.165) is 15.6 Å². The summed E-state index contributed by atoms with van der Waals surface area (Å²) in [6.45, 7) is 3.94. The summed E-state index contributed by atoms with van der Waals surface area (Å²) in [4.78, 5) is 0. The molecule has 0 aromatic heterocycles. The fourth-order valence-electron chi connectivity index (χ4n) is 1.33. The molecule has 0 aliphatic rings.